The van der Waals surface area contributed by atoms with E-state index in [4.69, 9.17) is 0 Å². The third-order valence-corrected chi connectivity index (χ3v) is 5.09. The fourth-order valence-electron chi connectivity index (χ4n) is 3.24. The molecule has 1 saturated carbocycles. The number of nitrogens with zero attached hydrogens (tertiary/aromatic N) is 1. The van der Waals surface area contributed by atoms with E-state index in [0.29, 0.717) is 6.54 Å². The molecule has 2 rings (SSSR count). The van der Waals surface area contributed by atoms with Crippen LogP contribution in [0.2, 0.25) is 0 Å². The molecule has 21 heavy (non-hydrogen) atoms. The second kappa shape index (κ2) is 7.82. The van der Waals surface area contributed by atoms with Gasteiger partial charge in [0.15, 0.2) is 0 Å². The standard InChI is InChI=1S/C15H24N2O3S/c1-21-10-6-2-5-9-17-14(19)12(11-7-3-4-8-11)13(18)16-15(17)20/h11-12H,2-10H2,1H3,(H,16,18,20). The van der Waals surface area contributed by atoms with E-state index in [9.17, 15) is 14.4 Å². The van der Waals surface area contributed by atoms with Crippen molar-refractivity contribution in [1.82, 2.24) is 10.2 Å². The quantitative estimate of drug-likeness (QED) is 0.579. The molecule has 1 heterocycles. The van der Waals surface area contributed by atoms with Crippen LogP contribution in [0.15, 0.2) is 0 Å². The van der Waals surface area contributed by atoms with Gasteiger partial charge < -0.3 is 0 Å². The lowest BCUT2D eigenvalue weighted by molar-refractivity contribution is -0.145. The van der Waals surface area contributed by atoms with Gasteiger partial charge in [-0.3, -0.25) is 19.8 Å². The van der Waals surface area contributed by atoms with Crippen molar-refractivity contribution >= 4 is 29.6 Å². The van der Waals surface area contributed by atoms with Gasteiger partial charge in [-0.05, 0) is 43.6 Å². The van der Waals surface area contributed by atoms with Crippen molar-refractivity contribution in [2.45, 2.75) is 44.9 Å². The molecule has 1 unspecified atom stereocenters. The zero-order valence-corrected chi connectivity index (χ0v) is 13.4. The molecule has 0 spiro atoms. The van der Waals surface area contributed by atoms with Crippen LogP contribution in [0.5, 0.6) is 0 Å². The Labute approximate surface area is 130 Å². The topological polar surface area (TPSA) is 66.5 Å². The lowest BCUT2D eigenvalue weighted by Gasteiger charge is -2.32. The summed E-state index contributed by atoms with van der Waals surface area (Å²) in [6, 6.07) is -0.538. The maximum atomic E-state index is 12.5. The number of imide groups is 2. The van der Waals surface area contributed by atoms with E-state index in [-0.39, 0.29) is 11.8 Å². The Kier molecular flexibility index (Phi) is 6.08. The number of unbranched alkanes of at least 4 members (excludes halogenated alkanes) is 2. The van der Waals surface area contributed by atoms with E-state index >= 15 is 0 Å². The summed E-state index contributed by atoms with van der Waals surface area (Å²) in [4.78, 5) is 37.6. The fourth-order valence-corrected chi connectivity index (χ4v) is 3.73. The molecular formula is C15H24N2O3S. The highest BCUT2D eigenvalue weighted by Gasteiger charge is 2.44. The molecule has 0 aromatic carbocycles. The molecule has 4 amide bonds. The van der Waals surface area contributed by atoms with E-state index in [1.54, 1.807) is 11.8 Å². The number of nitrogens with one attached hydrogen (secondary N) is 1. The van der Waals surface area contributed by atoms with E-state index in [1.165, 1.54) is 4.90 Å². The predicted octanol–water partition coefficient (Wildman–Crippen LogP) is 2.40. The van der Waals surface area contributed by atoms with Crippen molar-refractivity contribution < 1.29 is 14.4 Å². The SMILES string of the molecule is CSCCCCCN1C(=O)NC(=O)C(C2CCCC2)C1=O. The average molecular weight is 312 g/mol. The first kappa shape index (κ1) is 16.3. The molecule has 1 aliphatic heterocycles. The number of carbonyl (C=O) groups excluding carboxylic acids is 3. The molecule has 6 heteroatoms. The van der Waals surface area contributed by atoms with Crippen LogP contribution in [-0.2, 0) is 9.59 Å². The molecule has 2 aliphatic rings. The minimum atomic E-state index is -0.642. The number of barbiturate groups is 1. The number of carbonyl (C=O) groups is 3. The molecule has 2 fully saturated rings. The number of thioether (sulfide) groups is 1. The van der Waals surface area contributed by atoms with Gasteiger partial charge in [-0.25, -0.2) is 4.79 Å². The number of urea groups is 1. The van der Waals surface area contributed by atoms with Gasteiger partial charge in [0.05, 0.1) is 0 Å². The highest BCUT2D eigenvalue weighted by molar-refractivity contribution is 7.98. The lowest BCUT2D eigenvalue weighted by atomic mass is 9.87. The summed E-state index contributed by atoms with van der Waals surface area (Å²) >= 11 is 1.80. The van der Waals surface area contributed by atoms with Crippen molar-refractivity contribution in [2.24, 2.45) is 11.8 Å². The first-order valence-corrected chi connectivity index (χ1v) is 9.19. The van der Waals surface area contributed by atoms with Crippen molar-refractivity contribution in [3.8, 4) is 0 Å². The molecule has 118 valence electrons. The van der Waals surface area contributed by atoms with Crippen LogP contribution in [-0.4, -0.2) is 41.3 Å². The molecule has 0 bridgehead atoms. The first-order valence-electron chi connectivity index (χ1n) is 7.80. The summed E-state index contributed by atoms with van der Waals surface area (Å²) in [6.45, 7) is 0.426. The van der Waals surface area contributed by atoms with Gasteiger partial charge in [-0.2, -0.15) is 11.8 Å². The second-order valence-electron chi connectivity index (χ2n) is 5.86. The molecule has 1 aliphatic carbocycles. The first-order chi connectivity index (χ1) is 10.1. The summed E-state index contributed by atoms with van der Waals surface area (Å²) in [5.74, 6) is -0.0967. The van der Waals surface area contributed by atoms with E-state index in [0.717, 1.165) is 50.7 Å². The third kappa shape index (κ3) is 3.99. The minimum Gasteiger partial charge on any atom is -0.277 e. The van der Waals surface area contributed by atoms with Crippen LogP contribution >= 0.6 is 11.8 Å². The number of rotatable bonds is 7. The summed E-state index contributed by atoms with van der Waals surface area (Å²) in [7, 11) is 0. The van der Waals surface area contributed by atoms with Crippen LogP contribution in [0.3, 0.4) is 0 Å². The lowest BCUT2D eigenvalue weighted by Crippen LogP contribution is -2.59. The van der Waals surface area contributed by atoms with E-state index in [2.05, 4.69) is 11.6 Å². The average Bonchev–Trinajstić information content (AvgIpc) is 2.95. The van der Waals surface area contributed by atoms with Gasteiger partial charge >= 0.3 is 6.03 Å². The molecule has 5 nitrogen and oxygen atoms in total. The Morgan fingerprint density at radius 2 is 1.86 bits per heavy atom. The Morgan fingerprint density at radius 1 is 1.14 bits per heavy atom. The minimum absolute atomic E-state index is 0.115. The van der Waals surface area contributed by atoms with Crippen LogP contribution in [0.1, 0.15) is 44.9 Å². The van der Waals surface area contributed by atoms with Gasteiger partial charge in [0.1, 0.15) is 5.92 Å². The Balaban J connectivity index is 1.91. The van der Waals surface area contributed by atoms with Crippen LogP contribution < -0.4 is 5.32 Å². The van der Waals surface area contributed by atoms with Crippen molar-refractivity contribution in [3.63, 3.8) is 0 Å². The molecule has 1 N–H and O–H groups in total. The number of hydrogen-bond donors (Lipinski definition) is 1. The largest absolute Gasteiger partial charge is 0.330 e. The number of hydrogen-bond acceptors (Lipinski definition) is 4. The number of amides is 4. The molecule has 0 aromatic rings. The van der Waals surface area contributed by atoms with Gasteiger partial charge in [0.2, 0.25) is 11.8 Å². The van der Waals surface area contributed by atoms with Gasteiger partial charge in [0.25, 0.3) is 0 Å². The summed E-state index contributed by atoms with van der Waals surface area (Å²) in [5, 5.41) is 2.36. The maximum absolute atomic E-state index is 12.5. The smallest absolute Gasteiger partial charge is 0.277 e. The highest BCUT2D eigenvalue weighted by atomic mass is 32.2. The van der Waals surface area contributed by atoms with E-state index in [1.807, 2.05) is 0 Å². The Morgan fingerprint density at radius 3 is 2.52 bits per heavy atom. The third-order valence-electron chi connectivity index (χ3n) is 4.39. The molecular weight excluding hydrogens is 288 g/mol. The monoisotopic (exact) mass is 312 g/mol. The molecule has 1 atom stereocenters. The summed E-state index contributed by atoms with van der Waals surface area (Å²) < 4.78 is 0. The Bertz CT molecular complexity index is 408. The molecule has 0 radical (unpaired) electrons. The van der Waals surface area contributed by atoms with Gasteiger partial charge in [-0.15, -0.1) is 0 Å². The van der Waals surface area contributed by atoms with Crippen molar-refractivity contribution in [3.05, 3.63) is 0 Å². The van der Waals surface area contributed by atoms with Crippen LogP contribution in [0, 0.1) is 11.8 Å². The van der Waals surface area contributed by atoms with E-state index < -0.39 is 17.9 Å². The van der Waals surface area contributed by atoms with Crippen LogP contribution in [0.25, 0.3) is 0 Å². The van der Waals surface area contributed by atoms with Gasteiger partial charge in [0, 0.05) is 6.54 Å². The Hall–Kier alpha value is -1.04. The van der Waals surface area contributed by atoms with Crippen molar-refractivity contribution in [1.29, 1.82) is 0 Å². The second-order valence-corrected chi connectivity index (χ2v) is 6.85. The molecule has 0 aromatic heterocycles. The zero-order valence-electron chi connectivity index (χ0n) is 12.6. The zero-order chi connectivity index (χ0) is 15.2. The maximum Gasteiger partial charge on any atom is 0.330 e. The summed E-state index contributed by atoms with van der Waals surface area (Å²) in [6.07, 6.45) is 8.95. The summed E-state index contributed by atoms with van der Waals surface area (Å²) in [5.41, 5.74) is 0. The van der Waals surface area contributed by atoms with Crippen LogP contribution in [0.4, 0.5) is 4.79 Å². The fraction of sp³-hybridized carbons (Fsp3) is 0.800. The molecule has 1 saturated heterocycles. The normalized spacial score (nSPS) is 23.8. The predicted molar refractivity (Wildman–Crippen MR) is 82.9 cm³/mol. The van der Waals surface area contributed by atoms with Gasteiger partial charge in [-0.1, -0.05) is 19.3 Å². The highest BCUT2D eigenvalue weighted by Crippen LogP contribution is 2.33. The van der Waals surface area contributed by atoms with Crippen molar-refractivity contribution in [2.75, 3.05) is 18.6 Å².